The van der Waals surface area contributed by atoms with E-state index in [1.807, 2.05) is 24.3 Å². The standard InChI is InChI=1S/C27H27N3O3S/c28-25(34)15-3-5-18-16(9-15)17-11-27(32)20-10-14-4-6-19(31)23-21(14)26(27,24(33-23)22(17)29-18)7-8-30(20)12-13-1-2-13/h3-6,9,13,20,24,29,31-32H,1-2,7-8,10-12H2,(H2,28,34)/t20-,24-,26-,27+/m0/s1. The quantitative estimate of drug-likeness (QED) is 0.437. The molecule has 5 N–H and O–H groups in total. The Kier molecular flexibility index (Phi) is 3.55. The molecule has 2 aliphatic heterocycles. The minimum Gasteiger partial charge on any atom is -0.504 e. The number of thiocarbonyl (C=S) groups is 1. The first-order valence-electron chi connectivity index (χ1n) is 12.3. The highest BCUT2D eigenvalue weighted by molar-refractivity contribution is 7.80. The summed E-state index contributed by atoms with van der Waals surface area (Å²) < 4.78 is 6.63. The number of hydrogen-bond acceptors (Lipinski definition) is 5. The van der Waals surface area contributed by atoms with Crippen molar-refractivity contribution in [3.05, 3.63) is 58.3 Å². The molecule has 2 fully saturated rings. The molecule has 2 bridgehead atoms. The van der Waals surface area contributed by atoms with Crippen LogP contribution in [0.25, 0.3) is 10.9 Å². The van der Waals surface area contributed by atoms with Crippen molar-refractivity contribution in [1.29, 1.82) is 0 Å². The normalized spacial score (nSPS) is 32.9. The van der Waals surface area contributed by atoms with Crippen LogP contribution < -0.4 is 10.5 Å². The Balaban J connectivity index is 1.40. The molecule has 0 unspecified atom stereocenters. The smallest absolute Gasteiger partial charge is 0.166 e. The maximum absolute atomic E-state index is 12.8. The Morgan fingerprint density at radius 2 is 2.12 bits per heavy atom. The van der Waals surface area contributed by atoms with Gasteiger partial charge in [0.15, 0.2) is 17.6 Å². The van der Waals surface area contributed by atoms with Crippen molar-refractivity contribution in [1.82, 2.24) is 9.88 Å². The first kappa shape index (κ1) is 19.7. The molecule has 1 aromatic heterocycles. The fraction of sp³-hybridized carbons (Fsp3) is 0.444. The second-order valence-corrected chi connectivity index (χ2v) is 11.5. The van der Waals surface area contributed by atoms with E-state index in [0.29, 0.717) is 17.2 Å². The minimum absolute atomic E-state index is 0.0211. The second kappa shape index (κ2) is 6.14. The predicted octanol–water partition coefficient (Wildman–Crippen LogP) is 3.21. The number of H-pyrrole nitrogens is 1. The van der Waals surface area contributed by atoms with Crippen LogP contribution in [0.3, 0.4) is 0 Å². The number of phenolic OH excluding ortho intramolecular Hbond substituents is 1. The molecular weight excluding hydrogens is 446 g/mol. The molecule has 0 amide bonds. The number of aromatic amines is 1. The fourth-order valence-corrected chi connectivity index (χ4v) is 7.90. The number of fused-ring (bicyclic) bond motifs is 4. The van der Waals surface area contributed by atoms with E-state index >= 15 is 0 Å². The predicted molar refractivity (Wildman–Crippen MR) is 132 cm³/mol. The van der Waals surface area contributed by atoms with Gasteiger partial charge in [0.25, 0.3) is 0 Å². The number of hydrogen-bond donors (Lipinski definition) is 4. The Morgan fingerprint density at radius 3 is 2.91 bits per heavy atom. The molecule has 3 aliphatic carbocycles. The van der Waals surface area contributed by atoms with E-state index < -0.39 is 11.0 Å². The zero-order valence-corrected chi connectivity index (χ0v) is 19.6. The summed E-state index contributed by atoms with van der Waals surface area (Å²) in [4.78, 5) is 6.54. The zero-order chi connectivity index (χ0) is 23.0. The molecule has 3 aromatic rings. The van der Waals surface area contributed by atoms with Crippen LogP contribution in [0.4, 0.5) is 0 Å². The molecule has 34 heavy (non-hydrogen) atoms. The van der Waals surface area contributed by atoms with E-state index in [-0.39, 0.29) is 17.9 Å². The number of nitrogens with two attached hydrogens (primary N) is 1. The third-order valence-electron chi connectivity index (χ3n) is 9.45. The van der Waals surface area contributed by atoms with Crippen molar-refractivity contribution >= 4 is 28.1 Å². The number of aliphatic hydroxyl groups is 1. The number of ether oxygens (including phenoxy) is 1. The number of nitrogens with one attached hydrogen (secondary N) is 1. The summed E-state index contributed by atoms with van der Waals surface area (Å²) in [5.41, 5.74) is 10.6. The van der Waals surface area contributed by atoms with Crippen LogP contribution in [0.15, 0.2) is 30.3 Å². The maximum Gasteiger partial charge on any atom is 0.166 e. The summed E-state index contributed by atoms with van der Waals surface area (Å²) in [6, 6.07) is 9.83. The number of aromatic hydroxyl groups is 1. The van der Waals surface area contributed by atoms with Gasteiger partial charge in [0, 0.05) is 41.0 Å². The van der Waals surface area contributed by atoms with Crippen molar-refractivity contribution < 1.29 is 14.9 Å². The number of aromatic nitrogens is 1. The Labute approximate surface area is 202 Å². The maximum atomic E-state index is 12.8. The molecule has 1 saturated heterocycles. The molecule has 174 valence electrons. The Bertz CT molecular complexity index is 1430. The largest absolute Gasteiger partial charge is 0.504 e. The number of rotatable bonds is 3. The minimum atomic E-state index is -0.988. The van der Waals surface area contributed by atoms with Crippen LogP contribution in [0.5, 0.6) is 11.5 Å². The fourth-order valence-electron chi connectivity index (χ4n) is 7.77. The number of benzene rings is 2. The molecule has 0 radical (unpaired) electrons. The van der Waals surface area contributed by atoms with E-state index in [1.54, 1.807) is 6.07 Å². The van der Waals surface area contributed by atoms with Crippen molar-refractivity contribution in [2.75, 3.05) is 13.1 Å². The van der Waals surface area contributed by atoms with Gasteiger partial charge in [0.05, 0.1) is 16.7 Å². The molecule has 8 rings (SSSR count). The summed E-state index contributed by atoms with van der Waals surface area (Å²) in [5.74, 6) is 1.48. The summed E-state index contributed by atoms with van der Waals surface area (Å²) in [6.07, 6.45) is 4.36. The first-order valence-corrected chi connectivity index (χ1v) is 12.7. The van der Waals surface area contributed by atoms with Gasteiger partial charge < -0.3 is 25.7 Å². The SMILES string of the molecule is NC(=S)c1ccc2[nH]c3c(c2c1)C[C@@]1(O)[C@@H]2Cc4ccc(O)c5c4[C@@]1(CCN2CC1CC1)[C@H]3O5. The van der Waals surface area contributed by atoms with E-state index in [1.165, 1.54) is 18.4 Å². The van der Waals surface area contributed by atoms with Crippen molar-refractivity contribution in [2.45, 2.75) is 55.3 Å². The van der Waals surface area contributed by atoms with Crippen molar-refractivity contribution in [2.24, 2.45) is 11.7 Å². The monoisotopic (exact) mass is 473 g/mol. The van der Waals surface area contributed by atoms with E-state index in [0.717, 1.165) is 65.1 Å². The lowest BCUT2D eigenvalue weighted by Gasteiger charge is -2.62. The average molecular weight is 474 g/mol. The van der Waals surface area contributed by atoms with E-state index in [4.69, 9.17) is 22.7 Å². The summed E-state index contributed by atoms with van der Waals surface area (Å²) >= 11 is 5.25. The molecule has 1 saturated carbocycles. The van der Waals surface area contributed by atoms with E-state index in [9.17, 15) is 10.2 Å². The molecule has 4 atom stereocenters. The van der Waals surface area contributed by atoms with Crippen LogP contribution in [0, 0.1) is 5.92 Å². The lowest BCUT2D eigenvalue weighted by Crippen LogP contribution is -2.74. The molecule has 3 heterocycles. The Hall–Kier alpha value is -2.61. The summed E-state index contributed by atoms with van der Waals surface area (Å²) in [6.45, 7) is 2.00. The van der Waals surface area contributed by atoms with Gasteiger partial charge in [-0.1, -0.05) is 18.3 Å². The third-order valence-corrected chi connectivity index (χ3v) is 9.68. The van der Waals surface area contributed by atoms with Gasteiger partial charge in [-0.25, -0.2) is 0 Å². The Morgan fingerprint density at radius 1 is 1.26 bits per heavy atom. The van der Waals surface area contributed by atoms with Gasteiger partial charge >= 0.3 is 0 Å². The number of nitrogens with zero attached hydrogens (tertiary/aromatic N) is 1. The lowest BCUT2D eigenvalue weighted by atomic mass is 9.49. The summed E-state index contributed by atoms with van der Waals surface area (Å²) in [7, 11) is 0. The van der Waals surface area contributed by atoms with Gasteiger partial charge in [-0.05, 0) is 73.5 Å². The van der Waals surface area contributed by atoms with Crippen molar-refractivity contribution in [3.63, 3.8) is 0 Å². The van der Waals surface area contributed by atoms with Crippen LogP contribution in [0.2, 0.25) is 0 Å². The van der Waals surface area contributed by atoms with E-state index in [2.05, 4.69) is 9.88 Å². The molecule has 1 spiro atoms. The molecular formula is C27H27N3O3S. The van der Waals surface area contributed by atoms with Crippen LogP contribution in [-0.4, -0.2) is 49.8 Å². The molecule has 7 heteroatoms. The molecule has 6 nitrogen and oxygen atoms in total. The average Bonchev–Trinajstić information content (AvgIpc) is 3.45. The van der Waals surface area contributed by atoms with Gasteiger partial charge in [-0.2, -0.15) is 0 Å². The summed E-state index contributed by atoms with van der Waals surface area (Å²) in [5, 5.41) is 24.7. The molecule has 2 aromatic carbocycles. The lowest BCUT2D eigenvalue weighted by molar-refractivity contribution is -0.173. The van der Waals surface area contributed by atoms with Crippen LogP contribution in [-0.2, 0) is 18.3 Å². The van der Waals surface area contributed by atoms with Crippen molar-refractivity contribution in [3.8, 4) is 11.5 Å². The highest BCUT2D eigenvalue weighted by Gasteiger charge is 2.72. The number of phenols is 1. The number of piperidine rings is 1. The van der Waals surface area contributed by atoms with Crippen LogP contribution in [0.1, 0.15) is 53.3 Å². The van der Waals surface area contributed by atoms with Crippen LogP contribution >= 0.6 is 12.2 Å². The zero-order valence-electron chi connectivity index (χ0n) is 18.8. The van der Waals surface area contributed by atoms with Gasteiger partial charge in [0.1, 0.15) is 4.99 Å². The highest BCUT2D eigenvalue weighted by atomic mass is 32.1. The number of likely N-dealkylation sites (tertiary alicyclic amines) is 1. The third kappa shape index (κ3) is 2.17. The second-order valence-electron chi connectivity index (χ2n) is 11.1. The van der Waals surface area contributed by atoms with Gasteiger partial charge in [-0.3, -0.25) is 4.90 Å². The topological polar surface area (TPSA) is 94.7 Å². The highest BCUT2D eigenvalue weighted by Crippen LogP contribution is 2.69. The first-order chi connectivity index (χ1) is 16.4. The van der Waals surface area contributed by atoms with Gasteiger partial charge in [0.2, 0.25) is 0 Å². The molecule has 5 aliphatic rings. The van der Waals surface area contributed by atoms with Gasteiger partial charge in [-0.15, -0.1) is 0 Å².